The van der Waals surface area contributed by atoms with Crippen LogP contribution in [0.3, 0.4) is 0 Å². The maximum atomic E-state index is 7.03. The fraction of sp³-hybridized carbons (Fsp3) is 0. The average Bonchev–Trinajstić information content (AvgIpc) is 4.06. The molecule has 0 spiro atoms. The van der Waals surface area contributed by atoms with E-state index in [0.29, 0.717) is 0 Å². The maximum absolute atomic E-state index is 7.03. The van der Waals surface area contributed by atoms with E-state index in [1.165, 1.54) is 67.9 Å². The van der Waals surface area contributed by atoms with Crippen molar-refractivity contribution in [2.45, 2.75) is 0 Å². The standard InChI is InChI=1S/C58H35NOS2/c1-3-15-37(16-4-1)53-54-48-35-39(31-34-42(48)41-19-7-8-22-45(41)56(54)60-55(53)38-17-5-2-6-18-38)36-29-32-40(33-30-36)59(49-25-13-23-46-43-20-9-11-27-51(43)61-57(46)49)50-26-14-24-47-44-21-10-12-28-52(44)62-58(47)50/h1-35H. The van der Waals surface area contributed by atoms with Crippen molar-refractivity contribution in [3.8, 4) is 33.6 Å². The molecule has 62 heavy (non-hydrogen) atoms. The zero-order chi connectivity index (χ0) is 40.7. The molecule has 3 heterocycles. The van der Waals surface area contributed by atoms with Gasteiger partial charge in [0.05, 0.1) is 20.8 Å². The third-order valence-electron chi connectivity index (χ3n) is 12.5. The number of hydrogen-bond donors (Lipinski definition) is 0. The SMILES string of the molecule is c1ccc(-c2oc3c4ccccc4c4ccc(-c5ccc(N(c6cccc7c6sc6ccccc67)c6cccc7c6sc6ccccc67)cc5)cc4c3c2-c2ccccc2)cc1. The third kappa shape index (κ3) is 5.41. The minimum absolute atomic E-state index is 0.890. The molecule has 0 aliphatic heterocycles. The van der Waals surface area contributed by atoms with E-state index in [0.717, 1.165) is 55.6 Å². The lowest BCUT2D eigenvalue weighted by molar-refractivity contribution is 0.636. The molecule has 0 aliphatic rings. The van der Waals surface area contributed by atoms with Gasteiger partial charge in [-0.2, -0.15) is 0 Å². The van der Waals surface area contributed by atoms with Gasteiger partial charge in [0.2, 0.25) is 0 Å². The van der Waals surface area contributed by atoms with Crippen molar-refractivity contribution in [1.82, 2.24) is 0 Å². The fourth-order valence-corrected chi connectivity index (χ4v) is 12.1. The van der Waals surface area contributed by atoms with Gasteiger partial charge < -0.3 is 9.32 Å². The Morgan fingerprint density at radius 2 is 0.839 bits per heavy atom. The first-order chi connectivity index (χ1) is 30.8. The van der Waals surface area contributed by atoms with Crippen molar-refractivity contribution < 1.29 is 4.42 Å². The summed E-state index contributed by atoms with van der Waals surface area (Å²) in [7, 11) is 0. The number of anilines is 3. The van der Waals surface area contributed by atoms with Gasteiger partial charge in [0, 0.05) is 58.5 Å². The summed E-state index contributed by atoms with van der Waals surface area (Å²) in [4.78, 5) is 2.48. The minimum atomic E-state index is 0.890. The van der Waals surface area contributed by atoms with E-state index < -0.39 is 0 Å². The summed E-state index contributed by atoms with van der Waals surface area (Å²) in [6, 6.07) is 77.1. The highest BCUT2D eigenvalue weighted by Gasteiger charge is 2.24. The Balaban J connectivity index is 1.02. The van der Waals surface area contributed by atoms with Crippen LogP contribution in [0.2, 0.25) is 0 Å². The summed E-state index contributed by atoms with van der Waals surface area (Å²) in [5.41, 5.74) is 10.0. The van der Waals surface area contributed by atoms with Crippen LogP contribution < -0.4 is 4.90 Å². The number of nitrogens with zero attached hydrogens (tertiary/aromatic N) is 1. The van der Waals surface area contributed by atoms with Crippen molar-refractivity contribution >= 4 is 113 Å². The lowest BCUT2D eigenvalue weighted by Gasteiger charge is -2.27. The normalized spacial score (nSPS) is 11.9. The van der Waals surface area contributed by atoms with Crippen LogP contribution in [0.25, 0.3) is 106 Å². The highest BCUT2D eigenvalue weighted by molar-refractivity contribution is 7.27. The van der Waals surface area contributed by atoms with E-state index in [9.17, 15) is 0 Å². The first-order valence-corrected chi connectivity index (χ1v) is 22.6. The van der Waals surface area contributed by atoms with Crippen LogP contribution in [0.5, 0.6) is 0 Å². The molecule has 0 fully saturated rings. The molecule has 0 bridgehead atoms. The minimum Gasteiger partial charge on any atom is -0.455 e. The van der Waals surface area contributed by atoms with Crippen molar-refractivity contribution in [3.05, 3.63) is 212 Å². The van der Waals surface area contributed by atoms with Gasteiger partial charge in [-0.3, -0.25) is 0 Å². The van der Waals surface area contributed by atoms with Crippen molar-refractivity contribution in [2.75, 3.05) is 4.90 Å². The van der Waals surface area contributed by atoms with Crippen LogP contribution >= 0.6 is 22.7 Å². The van der Waals surface area contributed by atoms with Crippen LogP contribution in [0.15, 0.2) is 217 Å². The lowest BCUT2D eigenvalue weighted by atomic mass is 9.90. The smallest absolute Gasteiger partial charge is 0.143 e. The first kappa shape index (κ1) is 35.3. The van der Waals surface area contributed by atoms with Crippen molar-refractivity contribution in [3.63, 3.8) is 0 Å². The third-order valence-corrected chi connectivity index (χ3v) is 14.9. The largest absolute Gasteiger partial charge is 0.455 e. The molecule has 0 saturated heterocycles. The molecule has 290 valence electrons. The Morgan fingerprint density at radius 3 is 1.47 bits per heavy atom. The van der Waals surface area contributed by atoms with Crippen molar-refractivity contribution in [1.29, 1.82) is 0 Å². The van der Waals surface area contributed by atoms with Crippen LogP contribution in [0, 0.1) is 0 Å². The number of thiophene rings is 2. The molecule has 0 N–H and O–H groups in total. The van der Waals surface area contributed by atoms with E-state index in [1.807, 2.05) is 22.7 Å². The van der Waals surface area contributed by atoms with Crippen molar-refractivity contribution in [2.24, 2.45) is 0 Å². The highest BCUT2D eigenvalue weighted by Crippen LogP contribution is 2.50. The number of furan rings is 1. The Hall–Kier alpha value is -7.50. The van der Waals surface area contributed by atoms with Gasteiger partial charge >= 0.3 is 0 Å². The quantitative estimate of drug-likeness (QED) is 0.155. The number of rotatable bonds is 6. The molecule has 0 unspecified atom stereocenters. The second-order valence-electron chi connectivity index (χ2n) is 15.9. The van der Waals surface area contributed by atoms with Crippen LogP contribution in [0.1, 0.15) is 0 Å². The van der Waals surface area contributed by atoms with Gasteiger partial charge in [0.1, 0.15) is 11.3 Å². The van der Waals surface area contributed by atoms with E-state index in [2.05, 4.69) is 217 Å². The molecular formula is C58H35NOS2. The molecule has 0 atom stereocenters. The van der Waals surface area contributed by atoms with Gasteiger partial charge in [0.15, 0.2) is 0 Å². The molecule has 0 amide bonds. The summed E-state index contributed by atoms with van der Waals surface area (Å²) >= 11 is 3.75. The number of hydrogen-bond acceptors (Lipinski definition) is 4. The summed E-state index contributed by atoms with van der Waals surface area (Å²) < 4.78 is 12.2. The molecule has 0 aliphatic carbocycles. The molecule has 4 heteroatoms. The Bertz CT molecular complexity index is 3750. The summed E-state index contributed by atoms with van der Waals surface area (Å²) in [6.07, 6.45) is 0. The molecule has 0 radical (unpaired) electrons. The Morgan fingerprint density at radius 1 is 0.339 bits per heavy atom. The van der Waals surface area contributed by atoms with E-state index in [-0.39, 0.29) is 0 Å². The maximum Gasteiger partial charge on any atom is 0.143 e. The summed E-state index contributed by atoms with van der Waals surface area (Å²) in [5.74, 6) is 0.890. The second kappa shape index (κ2) is 14.0. The lowest BCUT2D eigenvalue weighted by Crippen LogP contribution is -2.10. The predicted octanol–water partition coefficient (Wildman–Crippen LogP) is 17.9. The molecule has 13 aromatic rings. The van der Waals surface area contributed by atoms with Gasteiger partial charge in [0.25, 0.3) is 0 Å². The van der Waals surface area contributed by atoms with E-state index in [4.69, 9.17) is 4.42 Å². The Labute approximate surface area is 365 Å². The highest BCUT2D eigenvalue weighted by atomic mass is 32.1. The number of fused-ring (bicyclic) bond motifs is 12. The average molecular weight is 826 g/mol. The van der Waals surface area contributed by atoms with Gasteiger partial charge in [-0.15, -0.1) is 22.7 Å². The zero-order valence-electron chi connectivity index (χ0n) is 33.4. The molecule has 0 saturated carbocycles. The van der Waals surface area contributed by atoms with E-state index >= 15 is 0 Å². The summed E-state index contributed by atoms with van der Waals surface area (Å²) in [5, 5.41) is 11.0. The zero-order valence-corrected chi connectivity index (χ0v) is 35.0. The van der Waals surface area contributed by atoms with Crippen LogP contribution in [-0.4, -0.2) is 0 Å². The molecule has 13 rings (SSSR count). The van der Waals surface area contributed by atoms with E-state index in [1.54, 1.807) is 0 Å². The predicted molar refractivity (Wildman–Crippen MR) is 268 cm³/mol. The topological polar surface area (TPSA) is 16.4 Å². The Kier molecular flexibility index (Phi) is 7.99. The summed E-state index contributed by atoms with van der Waals surface area (Å²) in [6.45, 7) is 0. The number of benzene rings is 10. The second-order valence-corrected chi connectivity index (χ2v) is 18.0. The van der Waals surface area contributed by atoms with Crippen LogP contribution in [-0.2, 0) is 0 Å². The van der Waals surface area contributed by atoms with Gasteiger partial charge in [-0.05, 0) is 75.3 Å². The van der Waals surface area contributed by atoms with Crippen LogP contribution in [0.4, 0.5) is 17.1 Å². The first-order valence-electron chi connectivity index (χ1n) is 21.0. The molecule has 3 aromatic heterocycles. The monoisotopic (exact) mass is 825 g/mol. The van der Waals surface area contributed by atoms with Gasteiger partial charge in [-0.25, -0.2) is 0 Å². The van der Waals surface area contributed by atoms with Gasteiger partial charge in [-0.1, -0.05) is 170 Å². The molecule has 10 aromatic carbocycles. The molecular weight excluding hydrogens is 791 g/mol. The fourth-order valence-electron chi connectivity index (χ4n) is 9.66. The molecule has 2 nitrogen and oxygen atoms in total.